The molecule has 0 amide bonds. The van der Waals surface area contributed by atoms with Crippen molar-refractivity contribution >= 4 is 5.78 Å². The zero-order chi connectivity index (χ0) is 9.68. The molecule has 0 unspecified atom stereocenters. The Morgan fingerprint density at radius 2 is 2.38 bits per heavy atom. The topological polar surface area (TPSA) is 35.5 Å². The first kappa shape index (κ1) is 10.7. The lowest BCUT2D eigenvalue weighted by atomic mass is 10.2. The van der Waals surface area contributed by atoms with Crippen molar-refractivity contribution in [3.63, 3.8) is 0 Å². The molecule has 13 heavy (non-hydrogen) atoms. The third-order valence-corrected chi connectivity index (χ3v) is 2.10. The number of carbonyl (C=O) groups is 1. The summed E-state index contributed by atoms with van der Waals surface area (Å²) in [7, 11) is 0. The van der Waals surface area contributed by atoms with Crippen LogP contribution in [-0.4, -0.2) is 24.8 Å². The zero-order valence-electron chi connectivity index (χ0n) is 8.41. The van der Waals surface area contributed by atoms with Gasteiger partial charge in [0, 0.05) is 13.0 Å². The molecule has 1 saturated heterocycles. The van der Waals surface area contributed by atoms with Crippen LogP contribution in [0.3, 0.4) is 0 Å². The van der Waals surface area contributed by atoms with Gasteiger partial charge in [0.15, 0.2) is 6.29 Å². The van der Waals surface area contributed by atoms with Crippen LogP contribution in [0.25, 0.3) is 0 Å². The maximum absolute atomic E-state index is 10.8. The summed E-state index contributed by atoms with van der Waals surface area (Å²) >= 11 is 0. The molecule has 1 aliphatic heterocycles. The highest BCUT2D eigenvalue weighted by Crippen LogP contribution is 2.16. The molecule has 0 N–H and O–H groups in total. The third-order valence-electron chi connectivity index (χ3n) is 2.10. The number of ketones is 1. The molecule has 2 atom stereocenters. The van der Waals surface area contributed by atoms with Crippen LogP contribution in [0.4, 0.5) is 0 Å². The summed E-state index contributed by atoms with van der Waals surface area (Å²) in [6.45, 7) is 4.29. The maximum atomic E-state index is 10.8. The molecule has 0 bridgehead atoms. The quantitative estimate of drug-likeness (QED) is 0.672. The van der Waals surface area contributed by atoms with Crippen molar-refractivity contribution in [1.82, 2.24) is 0 Å². The Morgan fingerprint density at radius 1 is 1.62 bits per heavy atom. The van der Waals surface area contributed by atoms with Crippen LogP contribution in [0.2, 0.25) is 0 Å². The van der Waals surface area contributed by atoms with Crippen molar-refractivity contribution in [2.24, 2.45) is 0 Å². The number of carbonyl (C=O) groups excluding carboxylic acids is 1. The monoisotopic (exact) mass is 186 g/mol. The standard InChI is InChI=1S/C10H18O3/c1-8(11)7-9(2)13-10-5-3-4-6-12-10/h9-10H,3-7H2,1-2H3/t9-,10-/m1/s1. The number of ether oxygens (including phenoxy) is 2. The first-order valence-corrected chi connectivity index (χ1v) is 4.95. The summed E-state index contributed by atoms with van der Waals surface area (Å²) in [6, 6.07) is 0. The van der Waals surface area contributed by atoms with Crippen LogP contribution in [0.5, 0.6) is 0 Å². The normalized spacial score (nSPS) is 25.5. The highest BCUT2D eigenvalue weighted by Gasteiger charge is 2.17. The van der Waals surface area contributed by atoms with Gasteiger partial charge in [-0.15, -0.1) is 0 Å². The summed E-state index contributed by atoms with van der Waals surface area (Å²) in [5, 5.41) is 0. The average molecular weight is 186 g/mol. The molecule has 76 valence electrons. The fourth-order valence-corrected chi connectivity index (χ4v) is 1.53. The SMILES string of the molecule is CC(=O)C[C@@H](C)O[C@@H]1CCCCO1. The molecule has 1 aliphatic rings. The van der Waals surface area contributed by atoms with Crippen LogP contribution < -0.4 is 0 Å². The molecular weight excluding hydrogens is 168 g/mol. The number of Topliss-reactive ketones (excluding diaryl/α,β-unsaturated/α-hetero) is 1. The van der Waals surface area contributed by atoms with E-state index in [1.807, 2.05) is 6.92 Å². The largest absolute Gasteiger partial charge is 0.353 e. The second kappa shape index (κ2) is 5.35. The molecule has 0 saturated carbocycles. The van der Waals surface area contributed by atoms with Crippen LogP contribution >= 0.6 is 0 Å². The predicted octanol–water partition coefficient (Wildman–Crippen LogP) is 1.90. The van der Waals surface area contributed by atoms with Gasteiger partial charge in [-0.25, -0.2) is 0 Å². The van der Waals surface area contributed by atoms with Crippen molar-refractivity contribution < 1.29 is 14.3 Å². The summed E-state index contributed by atoms with van der Waals surface area (Å²) in [5.74, 6) is 0.170. The van der Waals surface area contributed by atoms with E-state index in [4.69, 9.17) is 9.47 Å². The van der Waals surface area contributed by atoms with Crippen molar-refractivity contribution in [2.75, 3.05) is 6.61 Å². The van der Waals surface area contributed by atoms with Gasteiger partial charge in [-0.05, 0) is 33.1 Å². The predicted molar refractivity (Wildman–Crippen MR) is 49.4 cm³/mol. The summed E-state index contributed by atoms with van der Waals surface area (Å²) in [4.78, 5) is 10.8. The van der Waals surface area contributed by atoms with E-state index in [-0.39, 0.29) is 18.2 Å². The van der Waals surface area contributed by atoms with Gasteiger partial charge in [-0.3, -0.25) is 4.79 Å². The summed E-state index contributed by atoms with van der Waals surface area (Å²) < 4.78 is 11.0. The van der Waals surface area contributed by atoms with E-state index >= 15 is 0 Å². The second-order valence-electron chi connectivity index (χ2n) is 3.65. The Hall–Kier alpha value is -0.410. The molecule has 0 aromatic rings. The van der Waals surface area contributed by atoms with E-state index in [1.54, 1.807) is 6.92 Å². The van der Waals surface area contributed by atoms with E-state index in [0.717, 1.165) is 25.9 Å². The lowest BCUT2D eigenvalue weighted by Gasteiger charge is -2.25. The van der Waals surface area contributed by atoms with Crippen molar-refractivity contribution in [1.29, 1.82) is 0 Å². The van der Waals surface area contributed by atoms with E-state index < -0.39 is 0 Å². The maximum Gasteiger partial charge on any atom is 0.157 e. The average Bonchev–Trinajstić information content (AvgIpc) is 2.04. The molecule has 1 heterocycles. The highest BCUT2D eigenvalue weighted by atomic mass is 16.7. The lowest BCUT2D eigenvalue weighted by molar-refractivity contribution is -0.185. The van der Waals surface area contributed by atoms with Gasteiger partial charge >= 0.3 is 0 Å². The zero-order valence-corrected chi connectivity index (χ0v) is 8.41. The smallest absolute Gasteiger partial charge is 0.157 e. The fraction of sp³-hybridized carbons (Fsp3) is 0.900. The number of rotatable bonds is 4. The molecule has 3 nitrogen and oxygen atoms in total. The Kier molecular flexibility index (Phi) is 4.39. The van der Waals surface area contributed by atoms with Gasteiger partial charge in [0.05, 0.1) is 6.10 Å². The van der Waals surface area contributed by atoms with Crippen LogP contribution in [0.1, 0.15) is 39.5 Å². The van der Waals surface area contributed by atoms with Gasteiger partial charge in [-0.2, -0.15) is 0 Å². The van der Waals surface area contributed by atoms with Crippen LogP contribution in [0, 0.1) is 0 Å². The summed E-state index contributed by atoms with van der Waals surface area (Å²) in [6.07, 6.45) is 3.64. The van der Waals surface area contributed by atoms with Gasteiger partial charge in [-0.1, -0.05) is 0 Å². The molecule has 0 aromatic carbocycles. The molecular formula is C10H18O3. The lowest BCUT2D eigenvalue weighted by Crippen LogP contribution is -2.27. The fourth-order valence-electron chi connectivity index (χ4n) is 1.53. The molecule has 3 heteroatoms. The Bertz CT molecular complexity index is 162. The number of hydrogen-bond donors (Lipinski definition) is 0. The minimum absolute atomic E-state index is 0.0133. The highest BCUT2D eigenvalue weighted by molar-refractivity contribution is 5.75. The van der Waals surface area contributed by atoms with E-state index in [2.05, 4.69) is 0 Å². The van der Waals surface area contributed by atoms with Crippen molar-refractivity contribution in [2.45, 2.75) is 51.9 Å². The van der Waals surface area contributed by atoms with Gasteiger partial charge in [0.1, 0.15) is 5.78 Å². The van der Waals surface area contributed by atoms with E-state index in [9.17, 15) is 4.79 Å². The van der Waals surface area contributed by atoms with E-state index in [1.165, 1.54) is 0 Å². The molecule has 0 aliphatic carbocycles. The molecule has 0 aromatic heterocycles. The first-order chi connectivity index (χ1) is 6.18. The molecule has 0 spiro atoms. The Labute approximate surface area is 79.4 Å². The van der Waals surface area contributed by atoms with E-state index in [0.29, 0.717) is 6.42 Å². The minimum Gasteiger partial charge on any atom is -0.353 e. The Balaban J connectivity index is 2.18. The van der Waals surface area contributed by atoms with Crippen LogP contribution in [0.15, 0.2) is 0 Å². The van der Waals surface area contributed by atoms with Crippen LogP contribution in [-0.2, 0) is 14.3 Å². The Morgan fingerprint density at radius 3 is 2.92 bits per heavy atom. The second-order valence-corrected chi connectivity index (χ2v) is 3.65. The van der Waals surface area contributed by atoms with Crippen molar-refractivity contribution in [3.8, 4) is 0 Å². The summed E-state index contributed by atoms with van der Waals surface area (Å²) in [5.41, 5.74) is 0. The van der Waals surface area contributed by atoms with Gasteiger partial charge < -0.3 is 9.47 Å². The van der Waals surface area contributed by atoms with Gasteiger partial charge in [0.25, 0.3) is 0 Å². The van der Waals surface area contributed by atoms with Crippen molar-refractivity contribution in [3.05, 3.63) is 0 Å². The minimum atomic E-state index is -0.0805. The van der Waals surface area contributed by atoms with Gasteiger partial charge in [0.2, 0.25) is 0 Å². The first-order valence-electron chi connectivity index (χ1n) is 4.95. The number of hydrogen-bond acceptors (Lipinski definition) is 3. The molecule has 0 radical (unpaired) electrons. The molecule has 1 rings (SSSR count). The molecule has 1 fully saturated rings. The third kappa shape index (κ3) is 4.39.